The Labute approximate surface area is 149 Å². The summed E-state index contributed by atoms with van der Waals surface area (Å²) >= 11 is 0. The zero-order valence-electron chi connectivity index (χ0n) is 14.4. The van der Waals surface area contributed by atoms with Gasteiger partial charge in [0.15, 0.2) is 5.82 Å². The lowest BCUT2D eigenvalue weighted by molar-refractivity contribution is -0.123. The number of fused-ring (bicyclic) bond motifs is 1. The van der Waals surface area contributed by atoms with E-state index in [4.69, 9.17) is 4.52 Å². The molecule has 3 aromatic rings. The molecule has 1 aliphatic heterocycles. The maximum atomic E-state index is 12.6. The van der Waals surface area contributed by atoms with Gasteiger partial charge >= 0.3 is 0 Å². The van der Waals surface area contributed by atoms with E-state index in [1.807, 2.05) is 31.2 Å². The third-order valence-corrected chi connectivity index (χ3v) is 4.46. The van der Waals surface area contributed by atoms with E-state index in [9.17, 15) is 4.79 Å². The number of aryl methyl sites for hydroxylation is 2. The van der Waals surface area contributed by atoms with Crippen LogP contribution in [0, 0.1) is 6.92 Å². The lowest BCUT2D eigenvalue weighted by Crippen LogP contribution is -2.30. The normalized spacial score (nSPS) is 16.7. The summed E-state index contributed by atoms with van der Waals surface area (Å²) in [5.74, 6) is 1.01. The van der Waals surface area contributed by atoms with Gasteiger partial charge in [-0.05, 0) is 36.3 Å². The number of nitrogens with one attached hydrogen (secondary N) is 1. The Morgan fingerprint density at radius 3 is 3.19 bits per heavy atom. The van der Waals surface area contributed by atoms with Crippen LogP contribution in [0.3, 0.4) is 0 Å². The molecule has 3 heterocycles. The quantitative estimate of drug-likeness (QED) is 0.758. The van der Waals surface area contributed by atoms with Crippen molar-refractivity contribution >= 4 is 5.91 Å². The van der Waals surface area contributed by atoms with Crippen LogP contribution in [0.4, 0.5) is 0 Å². The zero-order valence-corrected chi connectivity index (χ0v) is 14.4. The average Bonchev–Trinajstić information content (AvgIpc) is 3.26. The Morgan fingerprint density at radius 2 is 2.31 bits per heavy atom. The van der Waals surface area contributed by atoms with Crippen LogP contribution < -0.4 is 5.32 Å². The van der Waals surface area contributed by atoms with E-state index in [1.165, 1.54) is 0 Å². The molecule has 0 bridgehead atoms. The predicted octanol–water partition coefficient (Wildman–Crippen LogP) is 1.62. The highest BCUT2D eigenvalue weighted by Crippen LogP contribution is 2.24. The zero-order chi connectivity index (χ0) is 17.9. The Hall–Kier alpha value is -3.10. The molecule has 1 amide bonds. The van der Waals surface area contributed by atoms with E-state index in [1.54, 1.807) is 4.68 Å². The van der Waals surface area contributed by atoms with Gasteiger partial charge < -0.3 is 9.84 Å². The van der Waals surface area contributed by atoms with Crippen LogP contribution in [0.25, 0.3) is 11.4 Å². The van der Waals surface area contributed by atoms with Crippen LogP contribution in [-0.4, -0.2) is 36.3 Å². The lowest BCUT2D eigenvalue weighted by Gasteiger charge is -2.12. The van der Waals surface area contributed by atoms with Crippen molar-refractivity contribution in [2.75, 3.05) is 0 Å². The van der Waals surface area contributed by atoms with E-state index in [2.05, 4.69) is 31.0 Å². The van der Waals surface area contributed by atoms with E-state index in [0.29, 0.717) is 17.5 Å². The van der Waals surface area contributed by atoms with Crippen molar-refractivity contribution in [2.45, 2.75) is 45.2 Å². The van der Waals surface area contributed by atoms with Gasteiger partial charge in [-0.3, -0.25) is 4.79 Å². The number of hydrogen-bond donors (Lipinski definition) is 1. The van der Waals surface area contributed by atoms with Gasteiger partial charge in [-0.15, -0.1) is 5.10 Å². The summed E-state index contributed by atoms with van der Waals surface area (Å²) in [5, 5.41) is 18.5. The molecule has 1 atom stereocenters. The van der Waals surface area contributed by atoms with Gasteiger partial charge in [-0.25, -0.2) is 4.68 Å². The number of carbonyl (C=O) groups excluding carboxylic acids is 1. The van der Waals surface area contributed by atoms with Crippen LogP contribution in [0.1, 0.15) is 42.5 Å². The molecule has 9 heteroatoms. The molecular weight excluding hydrogens is 334 g/mol. The van der Waals surface area contributed by atoms with Crippen LogP contribution in [0.15, 0.2) is 28.8 Å². The summed E-state index contributed by atoms with van der Waals surface area (Å²) in [6.45, 7) is 2.93. The van der Waals surface area contributed by atoms with E-state index < -0.39 is 0 Å². The van der Waals surface area contributed by atoms with Gasteiger partial charge in [0.1, 0.15) is 0 Å². The van der Waals surface area contributed by atoms with Gasteiger partial charge in [0.05, 0.1) is 12.5 Å². The Morgan fingerprint density at radius 1 is 1.38 bits per heavy atom. The Balaban J connectivity index is 1.43. The molecule has 4 rings (SSSR count). The van der Waals surface area contributed by atoms with Gasteiger partial charge in [0.25, 0.3) is 0 Å². The van der Waals surface area contributed by atoms with Crippen molar-refractivity contribution in [3.63, 3.8) is 0 Å². The monoisotopic (exact) mass is 353 g/mol. The second-order valence-electron chi connectivity index (χ2n) is 6.41. The van der Waals surface area contributed by atoms with Gasteiger partial charge in [-0.1, -0.05) is 35.3 Å². The molecule has 0 aliphatic carbocycles. The smallest absolute Gasteiger partial charge is 0.246 e. The summed E-state index contributed by atoms with van der Waals surface area (Å²) in [5.41, 5.74) is 2.00. The molecule has 2 aromatic heterocycles. The van der Waals surface area contributed by atoms with Gasteiger partial charge in [-0.2, -0.15) is 4.98 Å². The summed E-state index contributed by atoms with van der Waals surface area (Å²) in [4.78, 5) is 16.9. The number of tetrazole rings is 1. The molecule has 0 spiro atoms. The summed E-state index contributed by atoms with van der Waals surface area (Å²) < 4.78 is 6.96. The average molecular weight is 353 g/mol. The van der Waals surface area contributed by atoms with Crippen LogP contribution >= 0.6 is 0 Å². The lowest BCUT2D eigenvalue weighted by atomic mass is 10.0. The maximum Gasteiger partial charge on any atom is 0.246 e. The first-order valence-corrected chi connectivity index (χ1v) is 8.64. The number of amides is 1. The molecule has 1 N–H and O–H groups in total. The Bertz CT molecular complexity index is 917. The number of rotatable bonds is 4. The summed E-state index contributed by atoms with van der Waals surface area (Å²) in [6, 6.07) is 7.86. The molecule has 0 saturated heterocycles. The van der Waals surface area contributed by atoms with Crippen molar-refractivity contribution in [1.82, 2.24) is 35.7 Å². The molecule has 0 fully saturated rings. The van der Waals surface area contributed by atoms with Crippen molar-refractivity contribution in [3.8, 4) is 11.4 Å². The second kappa shape index (κ2) is 7.03. The van der Waals surface area contributed by atoms with Crippen molar-refractivity contribution in [2.24, 2.45) is 0 Å². The minimum Gasteiger partial charge on any atom is -0.346 e. The van der Waals surface area contributed by atoms with E-state index >= 15 is 0 Å². The topological polar surface area (TPSA) is 112 Å². The molecule has 0 radical (unpaired) electrons. The highest BCUT2D eigenvalue weighted by Gasteiger charge is 2.28. The maximum absolute atomic E-state index is 12.6. The number of benzene rings is 1. The molecular formula is C17H19N7O2. The number of nitrogens with zero attached hydrogens (tertiary/aromatic N) is 6. The molecule has 1 aromatic carbocycles. The fourth-order valence-corrected chi connectivity index (χ4v) is 3.12. The van der Waals surface area contributed by atoms with Crippen LogP contribution in [-0.2, 0) is 17.9 Å². The largest absolute Gasteiger partial charge is 0.346 e. The van der Waals surface area contributed by atoms with Crippen LogP contribution in [0.2, 0.25) is 0 Å². The highest BCUT2D eigenvalue weighted by atomic mass is 16.5. The van der Waals surface area contributed by atoms with Gasteiger partial charge in [0, 0.05) is 12.1 Å². The van der Waals surface area contributed by atoms with Gasteiger partial charge in [0.2, 0.25) is 17.6 Å². The molecule has 1 aliphatic rings. The first kappa shape index (κ1) is 16.4. The molecule has 26 heavy (non-hydrogen) atoms. The molecule has 134 valence electrons. The van der Waals surface area contributed by atoms with E-state index in [0.717, 1.165) is 36.9 Å². The Kier molecular flexibility index (Phi) is 4.42. The first-order valence-electron chi connectivity index (χ1n) is 8.64. The number of carbonyl (C=O) groups is 1. The SMILES string of the molecule is Cc1cccc(-c2noc(CNC(=O)C3CCCCn4nnnc43)n2)c1. The second-order valence-corrected chi connectivity index (χ2v) is 6.41. The highest BCUT2D eigenvalue weighted by molar-refractivity contribution is 5.82. The standard InChI is InChI=1S/C17H19N7O2/c1-11-5-4-6-12(9-11)15-19-14(26-21-15)10-18-17(25)13-7-2-3-8-24-16(13)20-22-23-24/h4-6,9,13H,2-3,7-8,10H2,1H3,(H,18,25). The van der Waals surface area contributed by atoms with E-state index in [-0.39, 0.29) is 18.4 Å². The molecule has 0 saturated carbocycles. The number of hydrogen-bond acceptors (Lipinski definition) is 7. The summed E-state index contributed by atoms with van der Waals surface area (Å²) in [7, 11) is 0. The minimum absolute atomic E-state index is 0.127. The van der Waals surface area contributed by atoms with Crippen LogP contribution in [0.5, 0.6) is 0 Å². The van der Waals surface area contributed by atoms with Crippen molar-refractivity contribution in [1.29, 1.82) is 0 Å². The van der Waals surface area contributed by atoms with Crippen molar-refractivity contribution in [3.05, 3.63) is 41.5 Å². The minimum atomic E-state index is -0.355. The third kappa shape index (κ3) is 3.32. The molecule has 9 nitrogen and oxygen atoms in total. The summed E-state index contributed by atoms with van der Waals surface area (Å²) in [6.07, 6.45) is 2.64. The molecule has 1 unspecified atom stereocenters. The fourth-order valence-electron chi connectivity index (χ4n) is 3.12. The predicted molar refractivity (Wildman–Crippen MR) is 90.7 cm³/mol. The number of aromatic nitrogens is 6. The third-order valence-electron chi connectivity index (χ3n) is 4.46. The fraction of sp³-hybridized carbons (Fsp3) is 0.412. The first-order chi connectivity index (χ1) is 12.7. The van der Waals surface area contributed by atoms with Crippen molar-refractivity contribution < 1.29 is 9.32 Å².